The Labute approximate surface area is 189 Å². The molecule has 1 aliphatic heterocycles. The van der Waals surface area contributed by atoms with Gasteiger partial charge in [0.2, 0.25) is 0 Å². The maximum Gasteiger partial charge on any atom is 0.191 e. The van der Waals surface area contributed by atoms with E-state index in [0.717, 1.165) is 43.4 Å². The summed E-state index contributed by atoms with van der Waals surface area (Å²) >= 11 is 7.33. The number of nitrogens with zero attached hydrogens (tertiary/aromatic N) is 1. The molecule has 0 aromatic carbocycles. The average molecular weight is 530 g/mol. The normalized spacial score (nSPS) is 22.1. The molecule has 2 rings (SSSR count). The van der Waals surface area contributed by atoms with E-state index in [2.05, 4.69) is 36.4 Å². The Morgan fingerprint density at radius 2 is 2.15 bits per heavy atom. The molecule has 3 N–H and O–H groups in total. The van der Waals surface area contributed by atoms with Gasteiger partial charge in [0.05, 0.1) is 17.0 Å². The zero-order valence-corrected chi connectivity index (χ0v) is 20.5. The first-order chi connectivity index (χ1) is 12.3. The zero-order valence-electron chi connectivity index (χ0n) is 16.6. The van der Waals surface area contributed by atoms with Crippen LogP contribution in [0.3, 0.4) is 0 Å². The predicted molar refractivity (Wildman–Crippen MR) is 126 cm³/mol. The van der Waals surface area contributed by atoms with Crippen LogP contribution in [0.25, 0.3) is 0 Å². The summed E-state index contributed by atoms with van der Waals surface area (Å²) in [5.41, 5.74) is 0.122. The summed E-state index contributed by atoms with van der Waals surface area (Å²) in [5.74, 6) is 1.18. The van der Waals surface area contributed by atoms with Gasteiger partial charge in [-0.05, 0) is 37.3 Å². The van der Waals surface area contributed by atoms with Gasteiger partial charge in [0.25, 0.3) is 0 Å². The fourth-order valence-corrected chi connectivity index (χ4v) is 4.39. The lowest BCUT2D eigenvalue weighted by molar-refractivity contribution is -0.0835. The first-order valence-electron chi connectivity index (χ1n) is 9.38. The molecule has 156 valence electrons. The van der Waals surface area contributed by atoms with Crippen molar-refractivity contribution in [3.8, 4) is 0 Å². The molecule has 1 aliphatic rings. The second kappa shape index (κ2) is 11.8. The fourth-order valence-electron chi connectivity index (χ4n) is 3.35. The van der Waals surface area contributed by atoms with Crippen LogP contribution in [-0.4, -0.2) is 43.4 Å². The summed E-state index contributed by atoms with van der Waals surface area (Å²) in [4.78, 5) is 5.37. The third kappa shape index (κ3) is 8.04. The van der Waals surface area contributed by atoms with Crippen LogP contribution in [0.2, 0.25) is 4.34 Å². The van der Waals surface area contributed by atoms with Gasteiger partial charge in [0, 0.05) is 30.5 Å². The van der Waals surface area contributed by atoms with E-state index in [1.54, 1.807) is 6.07 Å². The molecule has 27 heavy (non-hydrogen) atoms. The Hall–Kier alpha value is -0.0900. The fraction of sp³-hybridized carbons (Fsp3) is 0.737. The van der Waals surface area contributed by atoms with Gasteiger partial charge in [-0.3, -0.25) is 4.99 Å². The minimum atomic E-state index is -0.636. The first-order valence-corrected chi connectivity index (χ1v) is 10.6. The van der Waals surface area contributed by atoms with Gasteiger partial charge in [0.15, 0.2) is 5.96 Å². The van der Waals surface area contributed by atoms with E-state index in [9.17, 15) is 5.11 Å². The molecular weight excluding hydrogens is 497 g/mol. The Morgan fingerprint density at radius 3 is 2.74 bits per heavy atom. The molecule has 0 bridgehead atoms. The lowest BCUT2D eigenvalue weighted by Crippen LogP contribution is -2.47. The van der Waals surface area contributed by atoms with Gasteiger partial charge in [0.1, 0.15) is 6.10 Å². The Balaban J connectivity index is 0.00000364. The molecule has 5 nitrogen and oxygen atoms in total. The molecule has 1 fully saturated rings. The van der Waals surface area contributed by atoms with Crippen molar-refractivity contribution in [1.82, 2.24) is 10.6 Å². The number of rotatable bonds is 6. The van der Waals surface area contributed by atoms with E-state index >= 15 is 0 Å². The van der Waals surface area contributed by atoms with Gasteiger partial charge in [-0.15, -0.1) is 35.3 Å². The van der Waals surface area contributed by atoms with Crippen molar-refractivity contribution < 1.29 is 9.84 Å². The maximum absolute atomic E-state index is 10.3. The van der Waals surface area contributed by atoms with Gasteiger partial charge < -0.3 is 20.5 Å². The Kier molecular flexibility index (Phi) is 10.9. The molecule has 3 atom stereocenters. The van der Waals surface area contributed by atoms with E-state index in [-0.39, 0.29) is 35.5 Å². The zero-order chi connectivity index (χ0) is 19.2. The second-order valence-electron chi connectivity index (χ2n) is 7.82. The number of ether oxygens (including phenoxy) is 1. The number of aliphatic hydroxyl groups excluding tert-OH is 1. The van der Waals surface area contributed by atoms with Crippen molar-refractivity contribution in [2.24, 2.45) is 16.3 Å². The lowest BCUT2D eigenvalue weighted by atomic mass is 9.78. The minimum absolute atomic E-state index is 0. The van der Waals surface area contributed by atoms with E-state index < -0.39 is 6.10 Å². The average Bonchev–Trinajstić information content (AvgIpc) is 3.03. The highest BCUT2D eigenvalue weighted by Gasteiger charge is 2.35. The molecule has 0 radical (unpaired) electrons. The summed E-state index contributed by atoms with van der Waals surface area (Å²) in [5, 5.41) is 17.0. The summed E-state index contributed by atoms with van der Waals surface area (Å²) < 4.78 is 6.73. The van der Waals surface area contributed by atoms with Crippen molar-refractivity contribution in [3.63, 3.8) is 0 Å². The highest BCUT2D eigenvalue weighted by Crippen LogP contribution is 2.33. The number of aliphatic hydroxyl groups is 1. The highest BCUT2D eigenvalue weighted by molar-refractivity contribution is 14.0. The van der Waals surface area contributed by atoms with Gasteiger partial charge in [-0.2, -0.15) is 0 Å². The van der Waals surface area contributed by atoms with Gasteiger partial charge >= 0.3 is 0 Å². The van der Waals surface area contributed by atoms with Crippen LogP contribution in [0.15, 0.2) is 17.1 Å². The molecule has 0 amide bonds. The number of hydrogen-bond acceptors (Lipinski definition) is 4. The molecule has 0 spiro atoms. The molecule has 1 aromatic heterocycles. The van der Waals surface area contributed by atoms with E-state index in [1.165, 1.54) is 11.3 Å². The van der Waals surface area contributed by atoms with E-state index in [1.807, 2.05) is 13.0 Å². The maximum atomic E-state index is 10.3. The summed E-state index contributed by atoms with van der Waals surface area (Å²) in [6.45, 7) is 11.5. The molecule has 0 saturated carbocycles. The smallest absolute Gasteiger partial charge is 0.191 e. The van der Waals surface area contributed by atoms with E-state index in [4.69, 9.17) is 16.3 Å². The molecule has 2 heterocycles. The quantitative estimate of drug-likeness (QED) is 0.289. The second-order valence-corrected chi connectivity index (χ2v) is 9.56. The molecule has 1 saturated heterocycles. The monoisotopic (exact) mass is 529 g/mol. The summed E-state index contributed by atoms with van der Waals surface area (Å²) in [6, 6.07) is 3.65. The van der Waals surface area contributed by atoms with Crippen LogP contribution >= 0.6 is 46.9 Å². The molecular formula is C19H33ClIN3O2S. The molecule has 8 heteroatoms. The predicted octanol–water partition coefficient (Wildman–Crippen LogP) is 4.45. The van der Waals surface area contributed by atoms with Crippen molar-refractivity contribution in [3.05, 3.63) is 21.3 Å². The number of halogens is 2. The lowest BCUT2D eigenvalue weighted by Gasteiger charge is -2.40. The first kappa shape index (κ1) is 24.9. The summed E-state index contributed by atoms with van der Waals surface area (Å²) in [7, 11) is 0. The summed E-state index contributed by atoms with van der Waals surface area (Å²) in [6.07, 6.45) is 1.86. The topological polar surface area (TPSA) is 65.9 Å². The van der Waals surface area contributed by atoms with Crippen molar-refractivity contribution in [2.75, 3.05) is 26.2 Å². The SMILES string of the molecule is CCNC(=NCC(O)c1ccc(Cl)s1)NCC1CCCOC1C(C)(C)C.I. The van der Waals surface area contributed by atoms with E-state index in [0.29, 0.717) is 16.8 Å². The van der Waals surface area contributed by atoms with Gasteiger partial charge in [-0.25, -0.2) is 0 Å². The Bertz CT molecular complexity index is 592. The van der Waals surface area contributed by atoms with Gasteiger partial charge in [-0.1, -0.05) is 32.4 Å². The van der Waals surface area contributed by atoms with Crippen LogP contribution in [0, 0.1) is 11.3 Å². The van der Waals surface area contributed by atoms with Crippen molar-refractivity contribution in [2.45, 2.75) is 52.7 Å². The third-order valence-corrected chi connectivity index (χ3v) is 5.85. The van der Waals surface area contributed by atoms with Crippen LogP contribution in [0.4, 0.5) is 0 Å². The number of guanidine groups is 1. The third-order valence-electron chi connectivity index (χ3n) is 4.52. The largest absolute Gasteiger partial charge is 0.386 e. The number of thiophene rings is 1. The Morgan fingerprint density at radius 1 is 1.41 bits per heavy atom. The van der Waals surface area contributed by atoms with Crippen LogP contribution in [0.1, 0.15) is 51.5 Å². The number of aliphatic imine (C=N–C) groups is 1. The number of nitrogens with one attached hydrogen (secondary N) is 2. The molecule has 0 aliphatic carbocycles. The van der Waals surface area contributed by atoms with Crippen LogP contribution < -0.4 is 10.6 Å². The minimum Gasteiger partial charge on any atom is -0.386 e. The number of hydrogen-bond donors (Lipinski definition) is 3. The standard InChI is InChI=1S/C19H32ClN3O2S.HI/c1-5-21-18(23-12-14(24)15-8-9-16(20)26-15)22-11-13-7-6-10-25-17(13)19(2,3)4;/h8-9,13-14,17,24H,5-7,10-12H2,1-4H3,(H2,21,22,23);1H. The molecule has 1 aromatic rings. The molecule has 3 unspecified atom stereocenters. The van der Waals surface area contributed by atoms with Crippen LogP contribution in [-0.2, 0) is 4.74 Å². The van der Waals surface area contributed by atoms with Crippen molar-refractivity contribution in [1.29, 1.82) is 0 Å². The van der Waals surface area contributed by atoms with Crippen molar-refractivity contribution >= 4 is 52.9 Å². The highest BCUT2D eigenvalue weighted by atomic mass is 127. The van der Waals surface area contributed by atoms with Crippen LogP contribution in [0.5, 0.6) is 0 Å².